The Morgan fingerprint density at radius 2 is 1.50 bits per heavy atom. The molecule has 0 aromatic rings. The van der Waals surface area contributed by atoms with Crippen LogP contribution in [0.1, 0.15) is 72.1 Å². The van der Waals surface area contributed by atoms with E-state index in [0.29, 0.717) is 49.1 Å². The number of fused-ring (bicyclic) bond motifs is 5. The summed E-state index contributed by atoms with van der Waals surface area (Å²) in [6.07, 6.45) is 8.41. The van der Waals surface area contributed by atoms with Crippen LogP contribution in [0.4, 0.5) is 0 Å². The van der Waals surface area contributed by atoms with E-state index in [-0.39, 0.29) is 22.5 Å². The molecule has 0 N–H and O–H groups in total. The maximum absolute atomic E-state index is 13.9. The van der Waals surface area contributed by atoms with E-state index in [2.05, 4.69) is 20.8 Å². The lowest BCUT2D eigenvalue weighted by Gasteiger charge is -2.61. The van der Waals surface area contributed by atoms with Crippen LogP contribution in [0.3, 0.4) is 0 Å². The first-order valence-electron chi connectivity index (χ1n) is 12.4. The van der Waals surface area contributed by atoms with Crippen LogP contribution in [0.15, 0.2) is 0 Å². The fourth-order valence-corrected chi connectivity index (χ4v) is 9.36. The van der Waals surface area contributed by atoms with Gasteiger partial charge in [0, 0.05) is 31.1 Å². The first-order chi connectivity index (χ1) is 14.3. The van der Waals surface area contributed by atoms with Crippen LogP contribution in [0.2, 0.25) is 0 Å². The van der Waals surface area contributed by atoms with Crippen molar-refractivity contribution in [2.24, 2.45) is 40.4 Å². The Balaban J connectivity index is 1.29. The molecule has 0 aromatic carbocycles. The van der Waals surface area contributed by atoms with E-state index < -0.39 is 5.79 Å². The zero-order valence-corrected chi connectivity index (χ0v) is 18.9. The number of hydrogen-bond acceptors (Lipinski definition) is 5. The largest absolute Gasteiger partial charge is 0.348 e. The van der Waals surface area contributed by atoms with Gasteiger partial charge in [-0.2, -0.15) is 0 Å². The molecule has 5 heteroatoms. The Labute approximate surface area is 180 Å². The quantitative estimate of drug-likeness (QED) is 0.634. The molecule has 5 nitrogen and oxygen atoms in total. The van der Waals surface area contributed by atoms with Crippen molar-refractivity contribution in [1.29, 1.82) is 0 Å². The van der Waals surface area contributed by atoms with Crippen LogP contribution in [0.5, 0.6) is 0 Å². The molecule has 1 spiro atoms. The van der Waals surface area contributed by atoms with E-state index in [1.54, 1.807) is 0 Å². The molecule has 2 heterocycles. The van der Waals surface area contributed by atoms with Gasteiger partial charge in [-0.3, -0.25) is 4.79 Å². The van der Waals surface area contributed by atoms with E-state index in [4.69, 9.17) is 18.9 Å². The summed E-state index contributed by atoms with van der Waals surface area (Å²) < 4.78 is 24.4. The number of carbonyl (C=O) groups excluding carboxylic acids is 1. The van der Waals surface area contributed by atoms with Crippen LogP contribution in [-0.4, -0.2) is 43.8 Å². The third-order valence-electron chi connectivity index (χ3n) is 10.7. The average molecular weight is 419 g/mol. The first-order valence-corrected chi connectivity index (χ1v) is 12.4. The van der Waals surface area contributed by atoms with Crippen molar-refractivity contribution in [3.05, 3.63) is 0 Å². The maximum atomic E-state index is 13.9. The molecule has 4 aliphatic carbocycles. The Morgan fingerprint density at radius 1 is 0.800 bits per heavy atom. The summed E-state index contributed by atoms with van der Waals surface area (Å²) in [5, 5.41) is 0. The smallest absolute Gasteiger partial charge is 0.169 e. The molecule has 0 amide bonds. The van der Waals surface area contributed by atoms with Crippen LogP contribution in [0.25, 0.3) is 0 Å². The molecule has 6 aliphatic rings. The van der Waals surface area contributed by atoms with Crippen molar-refractivity contribution < 1.29 is 23.7 Å². The fourth-order valence-electron chi connectivity index (χ4n) is 9.36. The number of Topliss-reactive ketones (excluding diaryl/α,β-unsaturated/α-hetero) is 1. The third kappa shape index (κ3) is 2.58. The van der Waals surface area contributed by atoms with Gasteiger partial charge in [-0.15, -0.1) is 0 Å². The summed E-state index contributed by atoms with van der Waals surface area (Å²) >= 11 is 0. The molecule has 0 radical (unpaired) electrons. The first kappa shape index (κ1) is 20.1. The van der Waals surface area contributed by atoms with Gasteiger partial charge < -0.3 is 18.9 Å². The van der Waals surface area contributed by atoms with E-state index in [0.717, 1.165) is 38.9 Å². The molecular weight excluding hydrogens is 380 g/mol. The van der Waals surface area contributed by atoms with Crippen LogP contribution in [0, 0.1) is 40.4 Å². The molecule has 0 aromatic heterocycles. The molecule has 0 unspecified atom stereocenters. The highest BCUT2D eigenvalue weighted by atomic mass is 16.7. The van der Waals surface area contributed by atoms with Crippen molar-refractivity contribution in [3.63, 3.8) is 0 Å². The Bertz CT molecular complexity index is 723. The molecule has 6 fully saturated rings. The highest BCUT2D eigenvalue weighted by molar-refractivity contribution is 5.84. The molecule has 0 bridgehead atoms. The molecule has 168 valence electrons. The Morgan fingerprint density at radius 3 is 2.23 bits per heavy atom. The topological polar surface area (TPSA) is 54.0 Å². The Hall–Kier alpha value is -0.490. The van der Waals surface area contributed by atoms with E-state index in [1.165, 1.54) is 19.3 Å². The monoisotopic (exact) mass is 418 g/mol. The number of ketones is 1. The van der Waals surface area contributed by atoms with Gasteiger partial charge in [0.25, 0.3) is 0 Å². The van der Waals surface area contributed by atoms with Gasteiger partial charge in [0.05, 0.1) is 26.4 Å². The molecule has 30 heavy (non-hydrogen) atoms. The number of ether oxygens (including phenoxy) is 4. The van der Waals surface area contributed by atoms with Crippen LogP contribution >= 0.6 is 0 Å². The summed E-state index contributed by atoms with van der Waals surface area (Å²) in [5.74, 6) is 1.86. The van der Waals surface area contributed by atoms with Crippen molar-refractivity contribution >= 4 is 5.78 Å². The summed E-state index contributed by atoms with van der Waals surface area (Å²) in [5.41, 5.74) is 0.109. The van der Waals surface area contributed by atoms with Gasteiger partial charge in [0.2, 0.25) is 0 Å². The summed E-state index contributed by atoms with van der Waals surface area (Å²) in [6.45, 7) is 9.73. The minimum absolute atomic E-state index is 0.00804. The second-order valence-corrected chi connectivity index (χ2v) is 11.8. The lowest BCUT2D eigenvalue weighted by Crippen LogP contribution is -2.60. The zero-order valence-electron chi connectivity index (χ0n) is 18.9. The van der Waals surface area contributed by atoms with Crippen LogP contribution < -0.4 is 0 Å². The maximum Gasteiger partial charge on any atom is 0.169 e. The summed E-state index contributed by atoms with van der Waals surface area (Å²) in [7, 11) is 0. The molecule has 6 rings (SSSR count). The van der Waals surface area contributed by atoms with Crippen molar-refractivity contribution in [2.75, 3.05) is 26.4 Å². The van der Waals surface area contributed by atoms with Gasteiger partial charge in [-0.05, 0) is 67.6 Å². The second-order valence-electron chi connectivity index (χ2n) is 11.8. The number of rotatable bonds is 1. The normalized spacial score (nSPS) is 51.6. The van der Waals surface area contributed by atoms with Gasteiger partial charge in [-0.25, -0.2) is 0 Å². The number of carbonyl (C=O) groups is 1. The van der Waals surface area contributed by atoms with E-state index in [9.17, 15) is 4.79 Å². The lowest BCUT2D eigenvalue weighted by molar-refractivity contribution is -0.234. The third-order valence-corrected chi connectivity index (χ3v) is 10.7. The lowest BCUT2D eigenvalue weighted by atomic mass is 9.44. The van der Waals surface area contributed by atoms with Gasteiger partial charge >= 0.3 is 0 Å². The highest BCUT2D eigenvalue weighted by Crippen LogP contribution is 2.68. The van der Waals surface area contributed by atoms with Crippen molar-refractivity contribution in [1.82, 2.24) is 0 Å². The highest BCUT2D eigenvalue weighted by Gasteiger charge is 2.67. The fraction of sp³-hybridized carbons (Fsp3) is 0.960. The van der Waals surface area contributed by atoms with E-state index >= 15 is 0 Å². The van der Waals surface area contributed by atoms with Crippen molar-refractivity contribution in [2.45, 2.75) is 83.7 Å². The minimum Gasteiger partial charge on any atom is -0.348 e. The second kappa shape index (κ2) is 6.52. The van der Waals surface area contributed by atoms with Gasteiger partial charge in [-0.1, -0.05) is 13.8 Å². The zero-order chi connectivity index (χ0) is 20.8. The SMILES string of the molecule is CC1([C@H]2CC[C@H]3[C@@H]4CC[C@H]5CC6(CC[C@]5(C)[C@H]4C(=O)C[C@]23C)OCCO6)OCCO1. The standard InChI is InChI=1S/C25H38O5/c1-22-8-9-25(29-12-13-30-25)14-16(22)4-5-17-18-6-7-20(24(3)27-10-11-28-24)23(18,2)15-19(26)21(17)22/h16-18,20-21H,4-15H2,1-3H3/t16-,17-,18-,20-,21+,22-,23-/m0/s1. The molecule has 2 aliphatic heterocycles. The van der Waals surface area contributed by atoms with Gasteiger partial charge in [0.1, 0.15) is 5.78 Å². The molecule has 7 atom stereocenters. The summed E-state index contributed by atoms with van der Waals surface area (Å²) in [6, 6.07) is 0. The van der Waals surface area contributed by atoms with Gasteiger partial charge in [0.15, 0.2) is 11.6 Å². The molecule has 4 saturated carbocycles. The van der Waals surface area contributed by atoms with E-state index in [1.807, 2.05) is 0 Å². The predicted octanol–water partition coefficient (Wildman–Crippen LogP) is 4.33. The minimum atomic E-state index is -0.508. The predicted molar refractivity (Wildman–Crippen MR) is 111 cm³/mol. The Kier molecular flexibility index (Phi) is 4.38. The van der Waals surface area contributed by atoms with Crippen LogP contribution in [-0.2, 0) is 23.7 Å². The molecular formula is C25H38O5. The average Bonchev–Trinajstić information content (AvgIpc) is 3.41. The number of hydrogen-bond donors (Lipinski definition) is 0. The summed E-state index contributed by atoms with van der Waals surface area (Å²) in [4.78, 5) is 13.9. The van der Waals surface area contributed by atoms with Crippen molar-refractivity contribution in [3.8, 4) is 0 Å². The molecule has 2 saturated heterocycles.